The van der Waals surface area contributed by atoms with Crippen LogP contribution in [0.25, 0.3) is 11.1 Å². The summed E-state index contributed by atoms with van der Waals surface area (Å²) in [5, 5.41) is 10.1. The second-order valence-corrected chi connectivity index (χ2v) is 9.88. The molecule has 0 bridgehead atoms. The number of ether oxygens (including phenoxy) is 4. The Labute approximate surface area is 212 Å². The first-order valence-electron chi connectivity index (χ1n) is 13.0. The molecule has 1 fully saturated rings. The molecule has 4 aliphatic rings. The number of hydrogen-bond donors (Lipinski definition) is 1. The molecule has 1 N–H and O–H groups in total. The molecule has 6 heteroatoms. The van der Waals surface area contributed by atoms with Gasteiger partial charge in [-0.25, -0.2) is 0 Å². The highest BCUT2D eigenvalue weighted by Crippen LogP contribution is 2.49. The molecule has 1 unspecified atom stereocenters. The van der Waals surface area contributed by atoms with E-state index in [1.807, 2.05) is 18.2 Å². The molecule has 2 aromatic rings. The predicted molar refractivity (Wildman–Crippen MR) is 139 cm³/mol. The van der Waals surface area contributed by atoms with Gasteiger partial charge in [0.15, 0.2) is 0 Å². The molecular weight excluding hydrogens is 454 g/mol. The molecule has 0 amide bonds. The largest absolute Gasteiger partial charge is 0.508 e. The lowest BCUT2D eigenvalue weighted by Gasteiger charge is -2.38. The van der Waals surface area contributed by atoms with Gasteiger partial charge in [0.25, 0.3) is 0 Å². The number of phenols is 1. The number of piperidine rings is 1. The van der Waals surface area contributed by atoms with Crippen LogP contribution in [0.5, 0.6) is 23.0 Å². The molecule has 188 valence electrons. The molecule has 3 heterocycles. The van der Waals surface area contributed by atoms with E-state index < -0.39 is 0 Å². The highest BCUT2D eigenvalue weighted by Gasteiger charge is 2.38. The zero-order valence-corrected chi connectivity index (χ0v) is 20.7. The number of aromatic hydroxyl groups is 1. The molecule has 0 aromatic heterocycles. The van der Waals surface area contributed by atoms with Gasteiger partial charge in [-0.1, -0.05) is 12.5 Å². The lowest BCUT2D eigenvalue weighted by molar-refractivity contribution is 0.145. The summed E-state index contributed by atoms with van der Waals surface area (Å²) < 4.78 is 24.3. The van der Waals surface area contributed by atoms with Crippen molar-refractivity contribution >= 4 is 11.1 Å². The van der Waals surface area contributed by atoms with Crippen molar-refractivity contribution in [2.24, 2.45) is 5.92 Å². The third-order valence-electron chi connectivity index (χ3n) is 7.62. The number of fused-ring (bicyclic) bond motifs is 4. The predicted octanol–water partition coefficient (Wildman–Crippen LogP) is 5.43. The van der Waals surface area contributed by atoms with Crippen LogP contribution >= 0.6 is 0 Å². The molecule has 0 radical (unpaired) electrons. The quantitative estimate of drug-likeness (QED) is 0.587. The van der Waals surface area contributed by atoms with Crippen molar-refractivity contribution < 1.29 is 24.1 Å². The minimum absolute atomic E-state index is 0.132. The van der Waals surface area contributed by atoms with Crippen molar-refractivity contribution in [3.05, 3.63) is 71.5 Å². The van der Waals surface area contributed by atoms with Crippen LogP contribution in [0.2, 0.25) is 0 Å². The summed E-state index contributed by atoms with van der Waals surface area (Å²) in [4.78, 5) is 2.49. The third kappa shape index (κ3) is 4.46. The van der Waals surface area contributed by atoms with Crippen LogP contribution in [0.15, 0.2) is 60.4 Å². The van der Waals surface area contributed by atoms with Gasteiger partial charge < -0.3 is 24.1 Å². The van der Waals surface area contributed by atoms with E-state index in [9.17, 15) is 5.11 Å². The average molecular weight is 488 g/mol. The Morgan fingerprint density at radius 2 is 1.89 bits per heavy atom. The fourth-order valence-corrected chi connectivity index (χ4v) is 5.69. The standard InChI is InChI=1S/C30H33NO5/c1-33-23-10-12-25-27(18-23)35-19-26-24-11-7-21(32)17-28(24)36-30(29(25)26)20-5-8-22(9-6-20)34-16-15-31-13-3-2-4-14-31/h5,7-12,17-18,20,30,32H,2-4,6,13-16,19H2,1H3/t20?,30-/m0/s1. The van der Waals surface area contributed by atoms with Crippen LogP contribution < -0.4 is 14.2 Å². The van der Waals surface area contributed by atoms with Crippen molar-refractivity contribution in [1.29, 1.82) is 0 Å². The summed E-state index contributed by atoms with van der Waals surface area (Å²) in [5.74, 6) is 3.53. The van der Waals surface area contributed by atoms with Gasteiger partial charge in [-0.05, 0) is 68.8 Å². The van der Waals surface area contributed by atoms with Crippen molar-refractivity contribution in [1.82, 2.24) is 4.90 Å². The smallest absolute Gasteiger partial charge is 0.131 e. The number of benzene rings is 2. The summed E-state index contributed by atoms with van der Waals surface area (Å²) in [6, 6.07) is 11.3. The summed E-state index contributed by atoms with van der Waals surface area (Å²) in [7, 11) is 1.66. The van der Waals surface area contributed by atoms with Gasteiger partial charge in [-0.2, -0.15) is 0 Å². The van der Waals surface area contributed by atoms with Crippen molar-refractivity contribution in [2.75, 3.05) is 40.0 Å². The van der Waals surface area contributed by atoms with Gasteiger partial charge in [0.05, 0.1) is 7.11 Å². The highest BCUT2D eigenvalue weighted by atomic mass is 16.5. The number of hydrogen-bond acceptors (Lipinski definition) is 6. The second kappa shape index (κ2) is 9.94. The van der Waals surface area contributed by atoms with E-state index in [0.717, 1.165) is 59.1 Å². The Hall–Kier alpha value is -3.38. The molecule has 1 saturated heterocycles. The normalized spacial score (nSPS) is 23.0. The number of rotatable bonds is 6. The van der Waals surface area contributed by atoms with Crippen molar-refractivity contribution in [3.63, 3.8) is 0 Å². The Morgan fingerprint density at radius 1 is 1.03 bits per heavy atom. The average Bonchev–Trinajstić information content (AvgIpc) is 2.92. The topological polar surface area (TPSA) is 60.4 Å². The number of phenolic OH excluding ortho intramolecular Hbond substituents is 1. The molecule has 2 atom stereocenters. The van der Waals surface area contributed by atoms with Crippen molar-refractivity contribution in [2.45, 2.75) is 31.8 Å². The minimum Gasteiger partial charge on any atom is -0.508 e. The maximum Gasteiger partial charge on any atom is 0.131 e. The first kappa shape index (κ1) is 23.0. The summed E-state index contributed by atoms with van der Waals surface area (Å²) in [5.41, 5.74) is 4.26. The molecule has 2 aromatic carbocycles. The maximum atomic E-state index is 10.1. The first-order valence-corrected chi connectivity index (χ1v) is 13.0. The number of nitrogens with zero attached hydrogens (tertiary/aromatic N) is 1. The SMILES string of the molecule is COc1ccc2c(c1)OCC1=C2[C@H](C2C=CC(OCCN3CCCCC3)=CC2)Oc2cc(O)ccc21. The van der Waals surface area contributed by atoms with Crippen LogP contribution in [0.4, 0.5) is 0 Å². The first-order chi connectivity index (χ1) is 17.7. The van der Waals surface area contributed by atoms with Gasteiger partial charge in [0.2, 0.25) is 0 Å². The van der Waals surface area contributed by atoms with Gasteiger partial charge in [-0.15, -0.1) is 0 Å². The van der Waals surface area contributed by atoms with Gasteiger partial charge in [0.1, 0.15) is 48.1 Å². The number of allylic oxidation sites excluding steroid dienone is 2. The van der Waals surface area contributed by atoms with Crippen molar-refractivity contribution in [3.8, 4) is 23.0 Å². The van der Waals surface area contributed by atoms with E-state index >= 15 is 0 Å². The van der Waals surface area contributed by atoms with Crippen LogP contribution in [0, 0.1) is 5.92 Å². The lowest BCUT2D eigenvalue weighted by Crippen LogP contribution is -2.34. The third-order valence-corrected chi connectivity index (χ3v) is 7.62. The Balaban J connectivity index is 1.24. The molecule has 0 saturated carbocycles. The lowest BCUT2D eigenvalue weighted by atomic mass is 9.80. The molecule has 36 heavy (non-hydrogen) atoms. The summed E-state index contributed by atoms with van der Waals surface area (Å²) >= 11 is 0. The number of methoxy groups -OCH3 is 1. The maximum absolute atomic E-state index is 10.1. The van der Waals surface area contributed by atoms with Crippen LogP contribution in [-0.4, -0.2) is 56.1 Å². The van der Waals surface area contributed by atoms with E-state index in [4.69, 9.17) is 18.9 Å². The fraction of sp³-hybridized carbons (Fsp3) is 0.400. The van der Waals surface area contributed by atoms with Gasteiger partial charge >= 0.3 is 0 Å². The van der Waals surface area contributed by atoms with E-state index in [1.165, 1.54) is 32.4 Å². The van der Waals surface area contributed by atoms with E-state index in [1.54, 1.807) is 19.2 Å². The Morgan fingerprint density at radius 3 is 2.69 bits per heavy atom. The highest BCUT2D eigenvalue weighted by molar-refractivity contribution is 5.99. The van der Waals surface area contributed by atoms with E-state index in [-0.39, 0.29) is 17.8 Å². The molecule has 1 aliphatic carbocycles. The van der Waals surface area contributed by atoms with Crippen LogP contribution in [0.3, 0.4) is 0 Å². The molecular formula is C30H33NO5. The van der Waals surface area contributed by atoms with E-state index in [0.29, 0.717) is 12.4 Å². The fourth-order valence-electron chi connectivity index (χ4n) is 5.69. The minimum atomic E-state index is -0.201. The molecule has 6 rings (SSSR count). The summed E-state index contributed by atoms with van der Waals surface area (Å²) in [6.45, 7) is 4.52. The van der Waals surface area contributed by atoms with Gasteiger partial charge in [0, 0.05) is 46.9 Å². The Kier molecular flexibility index (Phi) is 6.36. The molecule has 6 nitrogen and oxygen atoms in total. The van der Waals surface area contributed by atoms with Crippen LogP contribution in [0.1, 0.15) is 36.8 Å². The monoisotopic (exact) mass is 487 g/mol. The zero-order chi connectivity index (χ0) is 24.5. The second-order valence-electron chi connectivity index (χ2n) is 9.88. The molecule has 0 spiro atoms. The zero-order valence-electron chi connectivity index (χ0n) is 20.7. The Bertz CT molecular complexity index is 1220. The van der Waals surface area contributed by atoms with E-state index in [2.05, 4.69) is 29.2 Å². The van der Waals surface area contributed by atoms with Crippen LogP contribution in [-0.2, 0) is 4.74 Å². The molecule has 3 aliphatic heterocycles. The summed E-state index contributed by atoms with van der Waals surface area (Å²) in [6.07, 6.45) is 11.0. The van der Waals surface area contributed by atoms with Gasteiger partial charge in [-0.3, -0.25) is 4.90 Å². The number of likely N-dealkylation sites (tertiary alicyclic amines) is 1.